The summed E-state index contributed by atoms with van der Waals surface area (Å²) in [5.41, 5.74) is 0.319. The van der Waals surface area contributed by atoms with Gasteiger partial charge in [-0.25, -0.2) is 0 Å². The number of carbonyl (C=O) groups is 1. The van der Waals surface area contributed by atoms with Crippen LogP contribution in [0.1, 0.15) is 20.8 Å². The second-order valence-electron chi connectivity index (χ2n) is 4.20. The van der Waals surface area contributed by atoms with E-state index in [1.165, 1.54) is 0 Å². The van der Waals surface area contributed by atoms with E-state index in [2.05, 4.69) is 5.32 Å². The third kappa shape index (κ3) is 2.70. The number of hydrogen-bond donors (Lipinski definition) is 1. The molecule has 75 valence electrons. The highest BCUT2D eigenvalue weighted by molar-refractivity contribution is 7.80. The molecule has 0 bridgehead atoms. The largest absolute Gasteiger partial charge is 0.324 e. The van der Waals surface area contributed by atoms with Gasteiger partial charge in [-0.3, -0.25) is 4.79 Å². The number of para-hydroxylation sites is 1. The van der Waals surface area contributed by atoms with Crippen LogP contribution in [-0.2, 0) is 4.79 Å². The second-order valence-corrected chi connectivity index (χ2v) is 4.64. The first-order valence-electron chi connectivity index (χ1n) is 4.49. The van der Waals surface area contributed by atoms with Gasteiger partial charge in [0.15, 0.2) is 0 Å². The summed E-state index contributed by atoms with van der Waals surface area (Å²) < 4.78 is 0. The molecule has 1 aromatic carbocycles. The Bertz CT molecular complexity index is 341. The maximum Gasteiger partial charge on any atom is 0.229 e. The van der Waals surface area contributed by atoms with E-state index in [1.807, 2.05) is 39.0 Å². The zero-order valence-electron chi connectivity index (χ0n) is 8.63. The van der Waals surface area contributed by atoms with Crippen LogP contribution in [0.4, 0.5) is 5.69 Å². The number of carbonyl (C=O) groups excluding carboxylic acids is 1. The van der Waals surface area contributed by atoms with E-state index in [9.17, 15) is 4.79 Å². The van der Waals surface area contributed by atoms with Gasteiger partial charge in [0, 0.05) is 5.41 Å². The van der Waals surface area contributed by atoms with Crippen molar-refractivity contribution in [2.45, 2.75) is 25.7 Å². The van der Waals surface area contributed by atoms with Gasteiger partial charge in [0.1, 0.15) is 0 Å². The molecule has 0 aliphatic rings. The molecule has 1 N–H and O–H groups in total. The molecule has 14 heavy (non-hydrogen) atoms. The molecule has 1 rings (SSSR count). The number of nitrogens with one attached hydrogen (secondary N) is 1. The summed E-state index contributed by atoms with van der Waals surface area (Å²) in [5, 5.41) is 2.81. The molecule has 0 heterocycles. The van der Waals surface area contributed by atoms with Crippen molar-refractivity contribution in [3.63, 3.8) is 0 Å². The smallest absolute Gasteiger partial charge is 0.229 e. The van der Waals surface area contributed by atoms with Crippen molar-refractivity contribution in [3.05, 3.63) is 24.3 Å². The summed E-state index contributed by atoms with van der Waals surface area (Å²) in [6.45, 7) is 5.61. The van der Waals surface area contributed by atoms with E-state index in [0.717, 1.165) is 0 Å². The quantitative estimate of drug-likeness (QED) is 0.754. The Kier molecular flexibility index (Phi) is 3.11. The molecule has 0 saturated heterocycles. The number of rotatable bonds is 1. The minimum atomic E-state index is -0.391. The molecule has 0 atom stereocenters. The van der Waals surface area contributed by atoms with Gasteiger partial charge in [0.05, 0.1) is 10.6 Å². The van der Waals surface area contributed by atoms with E-state index in [1.54, 1.807) is 6.07 Å². The molecule has 0 aromatic heterocycles. The average Bonchev–Trinajstić information content (AvgIpc) is 2.07. The lowest BCUT2D eigenvalue weighted by atomic mass is 9.95. The van der Waals surface area contributed by atoms with Crippen LogP contribution in [0, 0.1) is 5.41 Å². The fourth-order valence-electron chi connectivity index (χ4n) is 0.880. The van der Waals surface area contributed by atoms with Gasteiger partial charge < -0.3 is 5.32 Å². The molecule has 0 unspecified atom stereocenters. The normalized spacial score (nSPS) is 11.1. The lowest BCUT2D eigenvalue weighted by molar-refractivity contribution is -0.123. The Hall–Kier alpha value is -1.09. The van der Waals surface area contributed by atoms with Crippen molar-refractivity contribution >= 4 is 24.2 Å². The zero-order chi connectivity index (χ0) is 10.8. The van der Waals surface area contributed by atoms with Crippen molar-refractivity contribution in [3.8, 4) is 0 Å². The van der Waals surface area contributed by atoms with Gasteiger partial charge in [0.25, 0.3) is 0 Å². The average molecular weight is 208 g/mol. The van der Waals surface area contributed by atoms with Crippen molar-refractivity contribution in [2.24, 2.45) is 5.41 Å². The molecular formula is C11H14NOS. The Balaban J connectivity index is 2.80. The number of anilines is 1. The maximum absolute atomic E-state index is 11.6. The minimum absolute atomic E-state index is 0.0187. The molecule has 0 aliphatic carbocycles. The lowest BCUT2D eigenvalue weighted by Crippen LogP contribution is -2.27. The van der Waals surface area contributed by atoms with Crippen LogP contribution in [0.15, 0.2) is 29.2 Å². The summed E-state index contributed by atoms with van der Waals surface area (Å²) in [6, 6.07) is 7.32. The van der Waals surface area contributed by atoms with Crippen molar-refractivity contribution in [1.82, 2.24) is 0 Å². The van der Waals surface area contributed by atoms with Crippen molar-refractivity contribution < 1.29 is 4.79 Å². The van der Waals surface area contributed by atoms with Gasteiger partial charge in [-0.1, -0.05) is 45.5 Å². The number of hydrogen-bond acceptors (Lipinski definition) is 1. The first-order chi connectivity index (χ1) is 6.41. The SMILES string of the molecule is CC(C)(C)C(=O)Nc1ccccc1[S]. The molecule has 1 aromatic rings. The summed E-state index contributed by atoms with van der Waals surface area (Å²) >= 11 is 5.08. The Morgan fingerprint density at radius 2 is 1.86 bits per heavy atom. The summed E-state index contributed by atoms with van der Waals surface area (Å²) in [5.74, 6) is -0.0187. The molecule has 1 amide bonds. The van der Waals surface area contributed by atoms with Crippen LogP contribution in [0.25, 0.3) is 0 Å². The fourth-order valence-corrected chi connectivity index (χ4v) is 1.08. The molecular weight excluding hydrogens is 194 g/mol. The van der Waals surface area contributed by atoms with Crippen LogP contribution < -0.4 is 5.32 Å². The summed E-state index contributed by atoms with van der Waals surface area (Å²) in [7, 11) is 0. The number of amides is 1. The molecule has 0 fully saturated rings. The monoisotopic (exact) mass is 208 g/mol. The van der Waals surface area contributed by atoms with Crippen LogP contribution in [0.2, 0.25) is 0 Å². The minimum Gasteiger partial charge on any atom is -0.324 e. The van der Waals surface area contributed by atoms with Crippen LogP contribution in [-0.4, -0.2) is 5.91 Å². The van der Waals surface area contributed by atoms with Crippen LogP contribution in [0.5, 0.6) is 0 Å². The van der Waals surface area contributed by atoms with E-state index < -0.39 is 5.41 Å². The molecule has 3 heteroatoms. The third-order valence-corrected chi connectivity index (χ3v) is 2.17. The van der Waals surface area contributed by atoms with Gasteiger partial charge in [-0.15, -0.1) is 0 Å². The first-order valence-corrected chi connectivity index (χ1v) is 4.89. The van der Waals surface area contributed by atoms with Gasteiger partial charge in [-0.05, 0) is 12.1 Å². The molecule has 0 aliphatic heterocycles. The molecule has 0 spiro atoms. The molecule has 1 radical (unpaired) electrons. The molecule has 0 saturated carbocycles. The highest BCUT2D eigenvalue weighted by Gasteiger charge is 2.21. The van der Waals surface area contributed by atoms with Gasteiger partial charge >= 0.3 is 0 Å². The van der Waals surface area contributed by atoms with E-state index in [4.69, 9.17) is 12.6 Å². The van der Waals surface area contributed by atoms with E-state index in [-0.39, 0.29) is 5.91 Å². The number of benzene rings is 1. The Morgan fingerprint density at radius 3 is 2.36 bits per heavy atom. The summed E-state index contributed by atoms with van der Waals surface area (Å²) in [6.07, 6.45) is 0. The third-order valence-electron chi connectivity index (χ3n) is 1.82. The first kappa shape index (κ1) is 11.0. The zero-order valence-corrected chi connectivity index (χ0v) is 9.44. The molecule has 2 nitrogen and oxygen atoms in total. The predicted octanol–water partition coefficient (Wildman–Crippen LogP) is 3.23. The summed E-state index contributed by atoms with van der Waals surface area (Å²) in [4.78, 5) is 12.3. The lowest BCUT2D eigenvalue weighted by Gasteiger charge is -2.18. The van der Waals surface area contributed by atoms with Crippen LogP contribution >= 0.6 is 12.6 Å². The predicted molar refractivity (Wildman–Crippen MR) is 60.4 cm³/mol. The van der Waals surface area contributed by atoms with Crippen LogP contribution in [0.3, 0.4) is 0 Å². The van der Waals surface area contributed by atoms with Gasteiger partial charge in [-0.2, -0.15) is 0 Å². The standard InChI is InChI=1S/C11H14NOS/c1-11(2,3)10(13)12-8-6-4-5-7-9(8)14/h4-7H,1-3H3,(H,12,13). The Labute approximate surface area is 90.1 Å². The second kappa shape index (κ2) is 3.96. The highest BCUT2D eigenvalue weighted by Crippen LogP contribution is 2.22. The fraction of sp³-hybridized carbons (Fsp3) is 0.364. The van der Waals surface area contributed by atoms with E-state index >= 15 is 0 Å². The van der Waals surface area contributed by atoms with E-state index in [0.29, 0.717) is 10.6 Å². The Morgan fingerprint density at radius 1 is 1.29 bits per heavy atom. The van der Waals surface area contributed by atoms with Crippen molar-refractivity contribution in [2.75, 3.05) is 5.32 Å². The van der Waals surface area contributed by atoms with Crippen molar-refractivity contribution in [1.29, 1.82) is 0 Å². The maximum atomic E-state index is 11.6. The highest BCUT2D eigenvalue weighted by atomic mass is 32.1. The topological polar surface area (TPSA) is 29.1 Å². The van der Waals surface area contributed by atoms with Gasteiger partial charge in [0.2, 0.25) is 5.91 Å².